The van der Waals surface area contributed by atoms with Gasteiger partial charge in [0.2, 0.25) is 0 Å². The van der Waals surface area contributed by atoms with Crippen LogP contribution in [0.15, 0.2) is 29.4 Å². The van der Waals surface area contributed by atoms with Gasteiger partial charge in [0, 0.05) is 38.7 Å². The van der Waals surface area contributed by atoms with Gasteiger partial charge in [0.15, 0.2) is 5.78 Å². The fourth-order valence-electron chi connectivity index (χ4n) is 1.27. The molecule has 0 aliphatic carbocycles. The molecule has 0 radical (unpaired) electrons. The molecule has 0 saturated heterocycles. The molecule has 0 bridgehead atoms. The molecular weight excluding hydrogens is 222 g/mol. The molecule has 1 aromatic rings. The highest BCUT2D eigenvalue weighted by atomic mass is 16.6. The van der Waals surface area contributed by atoms with Crippen LogP contribution in [-0.4, -0.2) is 35.5 Å². The quantitative estimate of drug-likeness (QED) is 0.449. The summed E-state index contributed by atoms with van der Waals surface area (Å²) in [7, 11) is 3.41. The summed E-state index contributed by atoms with van der Waals surface area (Å²) in [5.41, 5.74) is 0.836. The van der Waals surface area contributed by atoms with Crippen LogP contribution in [0, 0.1) is 10.1 Å². The van der Waals surface area contributed by atoms with Crippen molar-refractivity contribution in [3.05, 3.63) is 39.9 Å². The van der Waals surface area contributed by atoms with Crippen LogP contribution < -0.4 is 0 Å². The van der Waals surface area contributed by atoms with E-state index in [1.54, 1.807) is 14.1 Å². The Morgan fingerprint density at radius 2 is 1.82 bits per heavy atom. The van der Waals surface area contributed by atoms with Gasteiger partial charge < -0.3 is 5.01 Å². The number of carbonyl (C=O) groups is 1. The van der Waals surface area contributed by atoms with Crippen LogP contribution in [0.2, 0.25) is 0 Å². The van der Waals surface area contributed by atoms with Crippen molar-refractivity contribution in [1.29, 1.82) is 0 Å². The number of carbonyl (C=O) groups excluding carboxylic acids is 1. The first kappa shape index (κ1) is 12.8. The largest absolute Gasteiger partial charge is 0.302 e. The van der Waals surface area contributed by atoms with Gasteiger partial charge in [-0.3, -0.25) is 14.9 Å². The molecule has 0 saturated carbocycles. The van der Waals surface area contributed by atoms with E-state index in [0.717, 1.165) is 0 Å². The molecule has 6 nitrogen and oxygen atoms in total. The van der Waals surface area contributed by atoms with Gasteiger partial charge in [0.1, 0.15) is 5.71 Å². The van der Waals surface area contributed by atoms with Crippen LogP contribution in [0.1, 0.15) is 12.5 Å². The van der Waals surface area contributed by atoms with Crippen molar-refractivity contribution < 1.29 is 9.72 Å². The summed E-state index contributed by atoms with van der Waals surface area (Å²) in [5, 5.41) is 16.1. The second kappa shape index (κ2) is 5.20. The molecule has 0 aromatic heterocycles. The van der Waals surface area contributed by atoms with Crippen LogP contribution in [-0.2, 0) is 4.79 Å². The van der Waals surface area contributed by atoms with Gasteiger partial charge in [0.25, 0.3) is 5.69 Å². The van der Waals surface area contributed by atoms with Crippen molar-refractivity contribution in [3.8, 4) is 0 Å². The maximum absolute atomic E-state index is 11.4. The number of Topliss-reactive ketones (excluding diaryl/α,β-unsaturated/α-hetero) is 1. The molecule has 0 fully saturated rings. The molecule has 0 aliphatic rings. The predicted molar refractivity (Wildman–Crippen MR) is 64.0 cm³/mol. The number of hydrogen-bond acceptors (Lipinski definition) is 5. The first-order valence-electron chi connectivity index (χ1n) is 4.93. The van der Waals surface area contributed by atoms with E-state index < -0.39 is 4.92 Å². The summed E-state index contributed by atoms with van der Waals surface area (Å²) in [6, 6.07) is 5.73. The molecule has 0 atom stereocenters. The van der Waals surface area contributed by atoms with Gasteiger partial charge in [0.05, 0.1) is 4.92 Å². The minimum absolute atomic E-state index is 0.0125. The summed E-state index contributed by atoms with van der Waals surface area (Å²) < 4.78 is 0. The topological polar surface area (TPSA) is 75.8 Å². The average molecular weight is 235 g/mol. The third-order valence-corrected chi connectivity index (χ3v) is 1.99. The van der Waals surface area contributed by atoms with Crippen molar-refractivity contribution in [2.75, 3.05) is 14.1 Å². The van der Waals surface area contributed by atoms with Crippen molar-refractivity contribution >= 4 is 17.2 Å². The van der Waals surface area contributed by atoms with E-state index in [0.29, 0.717) is 5.56 Å². The van der Waals surface area contributed by atoms with Gasteiger partial charge in [-0.2, -0.15) is 5.10 Å². The predicted octanol–water partition coefficient (Wildman–Crippen LogP) is 1.45. The van der Waals surface area contributed by atoms with Gasteiger partial charge in [-0.25, -0.2) is 0 Å². The van der Waals surface area contributed by atoms with Crippen molar-refractivity contribution in [2.45, 2.75) is 6.92 Å². The molecule has 1 aromatic carbocycles. The summed E-state index contributed by atoms with van der Waals surface area (Å²) >= 11 is 0. The lowest BCUT2D eigenvalue weighted by Crippen LogP contribution is -2.17. The van der Waals surface area contributed by atoms with Gasteiger partial charge in [-0.1, -0.05) is 0 Å². The maximum Gasteiger partial charge on any atom is 0.269 e. The highest BCUT2D eigenvalue weighted by molar-refractivity contribution is 6.45. The molecule has 0 aliphatic heterocycles. The third-order valence-electron chi connectivity index (χ3n) is 1.99. The lowest BCUT2D eigenvalue weighted by atomic mass is 10.1. The number of non-ortho nitro benzene ring substituents is 1. The summed E-state index contributed by atoms with van der Waals surface area (Å²) in [6.45, 7) is 1.41. The highest BCUT2D eigenvalue weighted by Gasteiger charge is 2.12. The number of nitro groups is 1. The number of nitro benzene ring substituents is 1. The van der Waals surface area contributed by atoms with Crippen LogP contribution in [0.25, 0.3) is 0 Å². The number of nitrogens with zero attached hydrogens (tertiary/aromatic N) is 3. The first-order valence-corrected chi connectivity index (χ1v) is 4.93. The normalized spacial score (nSPS) is 11.1. The Balaban J connectivity index is 3.13. The SMILES string of the molecule is CC(=O)/C(=N\N(C)C)c1ccc([N+](=O)[O-])cc1. The Labute approximate surface area is 98.7 Å². The molecule has 0 amide bonds. The Bertz CT molecular complexity index is 463. The zero-order chi connectivity index (χ0) is 13.0. The summed E-state index contributed by atoms with van der Waals surface area (Å²) in [5.74, 6) is -0.187. The lowest BCUT2D eigenvalue weighted by Gasteiger charge is -2.08. The Hall–Kier alpha value is -2.24. The van der Waals surface area contributed by atoms with Gasteiger partial charge in [-0.15, -0.1) is 0 Å². The van der Waals surface area contributed by atoms with E-state index in [-0.39, 0.29) is 17.2 Å². The van der Waals surface area contributed by atoms with E-state index in [1.807, 2.05) is 0 Å². The molecule has 17 heavy (non-hydrogen) atoms. The molecule has 0 heterocycles. The van der Waals surface area contributed by atoms with E-state index in [1.165, 1.54) is 36.2 Å². The third kappa shape index (κ3) is 3.37. The van der Waals surface area contributed by atoms with E-state index in [9.17, 15) is 14.9 Å². The molecular formula is C11H13N3O3. The van der Waals surface area contributed by atoms with Crippen molar-refractivity contribution in [2.24, 2.45) is 5.10 Å². The number of hydrogen-bond donors (Lipinski definition) is 0. The highest BCUT2D eigenvalue weighted by Crippen LogP contribution is 2.13. The molecule has 90 valence electrons. The van der Waals surface area contributed by atoms with E-state index in [2.05, 4.69) is 5.10 Å². The van der Waals surface area contributed by atoms with Crippen LogP contribution in [0.5, 0.6) is 0 Å². The zero-order valence-electron chi connectivity index (χ0n) is 9.88. The van der Waals surface area contributed by atoms with Gasteiger partial charge in [-0.05, 0) is 12.1 Å². The first-order chi connectivity index (χ1) is 7.91. The number of rotatable bonds is 4. The second-order valence-corrected chi connectivity index (χ2v) is 3.66. The molecule has 0 unspecified atom stereocenters. The van der Waals surface area contributed by atoms with Gasteiger partial charge >= 0.3 is 0 Å². The maximum atomic E-state index is 11.4. The van der Waals surface area contributed by atoms with Crippen LogP contribution in [0.3, 0.4) is 0 Å². The minimum atomic E-state index is -0.486. The van der Waals surface area contributed by atoms with E-state index >= 15 is 0 Å². The number of benzene rings is 1. The summed E-state index contributed by atoms with van der Waals surface area (Å²) in [6.07, 6.45) is 0. The molecule has 6 heteroatoms. The fraction of sp³-hybridized carbons (Fsp3) is 0.273. The molecule has 0 spiro atoms. The van der Waals surface area contributed by atoms with Crippen LogP contribution >= 0.6 is 0 Å². The lowest BCUT2D eigenvalue weighted by molar-refractivity contribution is -0.384. The minimum Gasteiger partial charge on any atom is -0.302 e. The smallest absolute Gasteiger partial charge is 0.269 e. The second-order valence-electron chi connectivity index (χ2n) is 3.66. The Kier molecular flexibility index (Phi) is 3.92. The Morgan fingerprint density at radius 3 is 2.18 bits per heavy atom. The van der Waals surface area contributed by atoms with Crippen molar-refractivity contribution in [3.63, 3.8) is 0 Å². The molecule has 0 N–H and O–H groups in total. The zero-order valence-corrected chi connectivity index (χ0v) is 9.88. The molecule has 1 rings (SSSR count). The number of ketones is 1. The Morgan fingerprint density at radius 1 is 1.29 bits per heavy atom. The standard InChI is InChI=1S/C11H13N3O3/c1-8(15)11(12-13(2)3)9-4-6-10(7-5-9)14(16)17/h4-7H,1-3H3/b12-11+. The van der Waals surface area contributed by atoms with Crippen LogP contribution in [0.4, 0.5) is 5.69 Å². The van der Waals surface area contributed by atoms with Crippen molar-refractivity contribution in [1.82, 2.24) is 5.01 Å². The average Bonchev–Trinajstić information content (AvgIpc) is 2.25. The van der Waals surface area contributed by atoms with E-state index in [4.69, 9.17) is 0 Å². The number of hydrazone groups is 1. The summed E-state index contributed by atoms with van der Waals surface area (Å²) in [4.78, 5) is 21.4. The monoisotopic (exact) mass is 235 g/mol. The fourth-order valence-corrected chi connectivity index (χ4v) is 1.27.